The minimum atomic E-state index is -0.574. The molecule has 0 radical (unpaired) electrons. The average Bonchev–Trinajstić information content (AvgIpc) is 1.85. The van der Waals surface area contributed by atoms with E-state index in [9.17, 15) is 4.79 Å². The Labute approximate surface area is 44.3 Å². The maximum atomic E-state index is 10.1. The minimum absolute atomic E-state index is 0.558. The van der Waals surface area contributed by atoms with Gasteiger partial charge in [0.05, 0.1) is 0 Å². The lowest BCUT2D eigenvalue weighted by Gasteiger charge is -1.74. The molecule has 0 bridgehead atoms. The van der Waals surface area contributed by atoms with Gasteiger partial charge in [0, 0.05) is 4.85 Å². The molecule has 44 valence electrons. The zero-order valence-electron chi connectivity index (χ0n) is 4.24. The highest BCUT2D eigenvalue weighted by Crippen LogP contribution is 1.59. The lowest BCUT2D eigenvalue weighted by molar-refractivity contribution is -0.972. The third-order valence-electron chi connectivity index (χ3n) is 0.732. The molecule has 1 N–H and O–H groups in total. The van der Waals surface area contributed by atoms with Crippen molar-refractivity contribution in [1.82, 2.24) is 4.85 Å². The van der Waals surface area contributed by atoms with Gasteiger partial charge < -0.3 is 0 Å². The summed E-state index contributed by atoms with van der Waals surface area (Å²) in [5.41, 5.74) is -0.574. The van der Waals surface area contributed by atoms with Crippen molar-refractivity contribution in [2.45, 2.75) is 0 Å². The molecule has 0 aliphatic heterocycles. The zero-order valence-corrected chi connectivity index (χ0v) is 4.24. The summed E-state index contributed by atoms with van der Waals surface area (Å²) >= 11 is 0. The van der Waals surface area contributed by atoms with E-state index in [1.54, 1.807) is 0 Å². The minimum Gasteiger partial charge on any atom is -0.278 e. The van der Waals surface area contributed by atoms with Gasteiger partial charge >= 0.3 is 11.8 Å². The van der Waals surface area contributed by atoms with E-state index in [1.165, 1.54) is 7.05 Å². The first kappa shape index (κ1) is 4.89. The third-order valence-corrected chi connectivity index (χ3v) is 0.732. The maximum absolute atomic E-state index is 10.1. The smallest absolute Gasteiger partial charge is 0.278 e. The van der Waals surface area contributed by atoms with E-state index in [0.717, 1.165) is 11.1 Å². The average molecular weight is 117 g/mol. The van der Waals surface area contributed by atoms with E-state index < -0.39 is 5.63 Å². The Hall–Kier alpha value is -1.26. The van der Waals surface area contributed by atoms with Crippen molar-refractivity contribution in [1.29, 1.82) is 0 Å². The van der Waals surface area contributed by atoms with Crippen molar-refractivity contribution in [2.24, 2.45) is 7.05 Å². The van der Waals surface area contributed by atoms with E-state index in [0.29, 0.717) is 4.85 Å². The predicted molar refractivity (Wildman–Crippen MR) is 21.3 cm³/mol. The molecule has 0 aliphatic carbocycles. The van der Waals surface area contributed by atoms with Gasteiger partial charge in [-0.05, 0) is 0 Å². The first-order valence-corrected chi connectivity index (χ1v) is 1.98. The summed E-state index contributed by atoms with van der Waals surface area (Å²) in [5.74, 6) is 0. The van der Waals surface area contributed by atoms with Gasteiger partial charge in [0.2, 0.25) is 0 Å². The van der Waals surface area contributed by atoms with E-state index >= 15 is 0 Å². The summed E-state index contributed by atoms with van der Waals surface area (Å²) in [7, 11) is 1.40. The third kappa shape index (κ3) is 0.575. The van der Waals surface area contributed by atoms with Gasteiger partial charge in [-0.25, -0.2) is 4.79 Å². The topological polar surface area (TPSA) is 59.2 Å². The van der Waals surface area contributed by atoms with Crippen LogP contribution in [0.3, 0.4) is 0 Å². The fraction of sp³-hybridized carbons (Fsp3) is 0.333. The number of hydrogen-bond donors (Lipinski definition) is 1. The Kier molecular flexibility index (Phi) is 0.831. The highest BCUT2D eigenvalue weighted by Gasteiger charge is 2.05. The molecule has 5 nitrogen and oxygen atoms in total. The number of aromatic nitrogens is 2. The number of nitrogens with zero attached hydrogens (tertiary/aromatic N) is 2. The second-order valence-corrected chi connectivity index (χ2v) is 1.32. The van der Waals surface area contributed by atoms with Crippen molar-refractivity contribution in [2.75, 3.05) is 0 Å². The monoisotopic (exact) mass is 117 g/mol. The van der Waals surface area contributed by atoms with E-state index in [4.69, 9.17) is 5.21 Å². The lowest BCUT2D eigenvalue weighted by Crippen LogP contribution is -2.37. The molecule has 1 aromatic heterocycles. The van der Waals surface area contributed by atoms with Crippen LogP contribution < -0.4 is 10.5 Å². The standard InChI is InChI=1S/C3H5N2O3/c1-4-5(7)2-3(6)8-4/h2,7H,1H3/q+1. The Morgan fingerprint density at radius 1 is 2.00 bits per heavy atom. The second kappa shape index (κ2) is 1.36. The van der Waals surface area contributed by atoms with Gasteiger partial charge in [0.15, 0.2) is 0 Å². The van der Waals surface area contributed by atoms with E-state index in [1.807, 2.05) is 0 Å². The van der Waals surface area contributed by atoms with Gasteiger partial charge in [-0.2, -0.15) is 0 Å². The molecule has 0 saturated heterocycles. The van der Waals surface area contributed by atoms with Crippen LogP contribution in [0.2, 0.25) is 0 Å². The molecule has 1 heterocycles. The largest absolute Gasteiger partial charge is 0.432 e. The zero-order chi connectivity index (χ0) is 6.15. The van der Waals surface area contributed by atoms with Crippen molar-refractivity contribution in [3.8, 4) is 0 Å². The molecule has 0 aromatic carbocycles. The van der Waals surface area contributed by atoms with Gasteiger partial charge in [0.1, 0.15) is 11.9 Å². The summed E-state index contributed by atoms with van der Waals surface area (Å²) in [6, 6.07) is 0. The Morgan fingerprint density at radius 3 is 2.75 bits per heavy atom. The molecule has 1 rings (SSSR count). The van der Waals surface area contributed by atoms with Crippen molar-refractivity contribution < 1.29 is 14.6 Å². The second-order valence-electron chi connectivity index (χ2n) is 1.32. The molecule has 0 aliphatic rings. The highest BCUT2D eigenvalue weighted by molar-refractivity contribution is 4.48. The summed E-state index contributed by atoms with van der Waals surface area (Å²) in [5, 5.41) is 8.53. The molecule has 0 saturated carbocycles. The van der Waals surface area contributed by atoms with Gasteiger partial charge in [-0.1, -0.05) is 0 Å². The number of hydrogen-bond acceptors (Lipinski definition) is 3. The van der Waals surface area contributed by atoms with E-state index in [2.05, 4.69) is 4.52 Å². The van der Waals surface area contributed by atoms with Crippen LogP contribution in [0, 0.1) is 0 Å². The van der Waals surface area contributed by atoms with Crippen molar-refractivity contribution >= 4 is 0 Å². The van der Waals surface area contributed by atoms with Crippen LogP contribution >= 0.6 is 0 Å². The van der Waals surface area contributed by atoms with Crippen molar-refractivity contribution in [3.63, 3.8) is 0 Å². The SMILES string of the molecule is Cn1oc(=O)c[n+]1O. The van der Waals surface area contributed by atoms with Gasteiger partial charge in [-0.3, -0.25) is 9.73 Å². The lowest BCUT2D eigenvalue weighted by atomic mass is 11.0. The molecular formula is C3H5N2O3+. The Balaban J connectivity index is 3.35. The number of aryl methyl sites for hydroxylation is 1. The molecule has 0 atom stereocenters. The van der Waals surface area contributed by atoms with E-state index in [-0.39, 0.29) is 0 Å². The molecule has 1 aromatic rings. The summed E-state index contributed by atoms with van der Waals surface area (Å²) in [6.45, 7) is 0. The molecule has 0 spiro atoms. The predicted octanol–water partition coefficient (Wildman–Crippen LogP) is -1.50. The first-order chi connectivity index (χ1) is 3.70. The maximum Gasteiger partial charge on any atom is 0.432 e. The van der Waals surface area contributed by atoms with Crippen LogP contribution in [-0.2, 0) is 7.05 Å². The number of rotatable bonds is 0. The summed E-state index contributed by atoms with van der Waals surface area (Å²) in [4.78, 5) is 11.6. The van der Waals surface area contributed by atoms with Crippen LogP contribution in [0.5, 0.6) is 0 Å². The van der Waals surface area contributed by atoms with Crippen LogP contribution in [0.4, 0.5) is 0 Å². The van der Waals surface area contributed by atoms with Crippen LogP contribution in [0.1, 0.15) is 0 Å². The fourth-order valence-corrected chi connectivity index (χ4v) is 0.371. The molecule has 8 heavy (non-hydrogen) atoms. The molecule has 0 fully saturated rings. The summed E-state index contributed by atoms with van der Waals surface area (Å²) < 4.78 is 4.29. The first-order valence-electron chi connectivity index (χ1n) is 1.98. The quantitative estimate of drug-likeness (QED) is 0.332. The van der Waals surface area contributed by atoms with Crippen LogP contribution in [-0.4, -0.2) is 10.1 Å². The highest BCUT2D eigenvalue weighted by atomic mass is 16.6. The Morgan fingerprint density at radius 2 is 2.62 bits per heavy atom. The molecule has 0 unspecified atom stereocenters. The van der Waals surface area contributed by atoms with Crippen LogP contribution in [0.15, 0.2) is 15.5 Å². The van der Waals surface area contributed by atoms with Gasteiger partial charge in [0.25, 0.3) is 0 Å². The molecular weight excluding hydrogens is 112 g/mol. The van der Waals surface area contributed by atoms with Gasteiger partial charge in [-0.15, -0.1) is 0 Å². The molecule has 5 heteroatoms. The Bertz CT molecular complexity index is 212. The normalized spacial score (nSPS) is 9.62. The van der Waals surface area contributed by atoms with Crippen LogP contribution in [0.25, 0.3) is 0 Å². The summed E-state index contributed by atoms with van der Waals surface area (Å²) in [6.07, 6.45) is 0.917. The fourth-order valence-electron chi connectivity index (χ4n) is 0.371. The molecule has 0 amide bonds. The van der Waals surface area contributed by atoms with Crippen molar-refractivity contribution in [3.05, 3.63) is 16.6 Å².